The van der Waals surface area contributed by atoms with Gasteiger partial charge in [-0.2, -0.15) is 0 Å². The van der Waals surface area contributed by atoms with Crippen LogP contribution >= 0.6 is 34.8 Å². The molecule has 1 atom stereocenters. The van der Waals surface area contributed by atoms with E-state index in [1.54, 1.807) is 18.2 Å². The van der Waals surface area contributed by atoms with Gasteiger partial charge in [0.1, 0.15) is 0 Å². The molecule has 1 aliphatic heterocycles. The summed E-state index contributed by atoms with van der Waals surface area (Å²) in [6, 6.07) is 17.3. The van der Waals surface area contributed by atoms with Crippen molar-refractivity contribution < 1.29 is 15.0 Å². The minimum absolute atomic E-state index is 0.0593. The summed E-state index contributed by atoms with van der Waals surface area (Å²) in [6.45, 7) is 1.57. The molecule has 1 unspecified atom stereocenters. The molecule has 1 heterocycles. The number of rotatable bonds is 4. The Hall–Kier alpha value is -2.60. The normalized spacial score (nSPS) is 16.3. The SMILES string of the molecule is O=C(Cc1ccc(O)c(O)c1)N1CCN(c2ccc(Cl)cc2Cl)C(c2ccc(Cl)cc2)C1. The Balaban J connectivity index is 1.60. The number of carbonyl (C=O) groups is 1. The summed E-state index contributed by atoms with van der Waals surface area (Å²) in [7, 11) is 0. The molecule has 3 aromatic carbocycles. The monoisotopic (exact) mass is 490 g/mol. The van der Waals surface area contributed by atoms with E-state index in [0.717, 1.165) is 11.3 Å². The first-order valence-electron chi connectivity index (χ1n) is 10.1. The van der Waals surface area contributed by atoms with Gasteiger partial charge in [0, 0.05) is 29.7 Å². The number of phenols is 2. The van der Waals surface area contributed by atoms with E-state index < -0.39 is 0 Å². The molecular weight excluding hydrogens is 471 g/mol. The summed E-state index contributed by atoms with van der Waals surface area (Å²) < 4.78 is 0. The molecule has 0 aromatic heterocycles. The van der Waals surface area contributed by atoms with Crippen LogP contribution in [0.25, 0.3) is 0 Å². The predicted molar refractivity (Wildman–Crippen MR) is 128 cm³/mol. The number of benzene rings is 3. The zero-order valence-corrected chi connectivity index (χ0v) is 19.3. The van der Waals surface area contributed by atoms with Gasteiger partial charge in [-0.1, -0.05) is 53.0 Å². The van der Waals surface area contributed by atoms with Crippen LogP contribution < -0.4 is 4.90 Å². The molecule has 0 spiro atoms. The number of hydrogen-bond donors (Lipinski definition) is 2. The molecule has 1 amide bonds. The Morgan fingerprint density at radius 2 is 1.59 bits per heavy atom. The fourth-order valence-electron chi connectivity index (χ4n) is 3.95. The molecule has 2 N–H and O–H groups in total. The Kier molecular flexibility index (Phi) is 6.70. The average molecular weight is 492 g/mol. The van der Waals surface area contributed by atoms with Gasteiger partial charge in [-0.05, 0) is 53.6 Å². The molecule has 3 aromatic rings. The van der Waals surface area contributed by atoms with Gasteiger partial charge in [0.05, 0.1) is 23.2 Å². The van der Waals surface area contributed by atoms with Crippen molar-refractivity contribution in [3.63, 3.8) is 0 Å². The first-order chi connectivity index (χ1) is 15.3. The van der Waals surface area contributed by atoms with Gasteiger partial charge in [0.15, 0.2) is 11.5 Å². The lowest BCUT2D eigenvalue weighted by Gasteiger charge is -2.43. The Morgan fingerprint density at radius 1 is 0.875 bits per heavy atom. The van der Waals surface area contributed by atoms with E-state index in [0.29, 0.717) is 40.3 Å². The zero-order chi connectivity index (χ0) is 22.8. The van der Waals surface area contributed by atoms with E-state index in [2.05, 4.69) is 4.90 Å². The topological polar surface area (TPSA) is 64.0 Å². The summed E-state index contributed by atoms with van der Waals surface area (Å²) in [6.07, 6.45) is 0.128. The summed E-state index contributed by atoms with van der Waals surface area (Å²) in [5.74, 6) is -0.509. The number of piperazine rings is 1. The fraction of sp³-hybridized carbons (Fsp3) is 0.208. The molecular formula is C24H21Cl3N2O3. The number of phenolic OH excluding ortho intramolecular Hbond substituents is 2. The van der Waals surface area contributed by atoms with Gasteiger partial charge in [-0.3, -0.25) is 4.79 Å². The van der Waals surface area contributed by atoms with Crippen LogP contribution in [0.4, 0.5) is 5.69 Å². The smallest absolute Gasteiger partial charge is 0.227 e. The lowest BCUT2D eigenvalue weighted by molar-refractivity contribution is -0.131. The Labute approximate surface area is 201 Å². The largest absolute Gasteiger partial charge is 0.504 e. The van der Waals surface area contributed by atoms with Crippen LogP contribution in [0.5, 0.6) is 11.5 Å². The highest BCUT2D eigenvalue weighted by Crippen LogP contribution is 2.37. The van der Waals surface area contributed by atoms with Crippen LogP contribution in [0.1, 0.15) is 17.2 Å². The number of halogens is 3. The van der Waals surface area contributed by atoms with Gasteiger partial charge in [0.25, 0.3) is 0 Å². The molecule has 1 fully saturated rings. The zero-order valence-electron chi connectivity index (χ0n) is 17.0. The van der Waals surface area contributed by atoms with Crippen molar-refractivity contribution in [2.75, 3.05) is 24.5 Å². The van der Waals surface area contributed by atoms with Crippen molar-refractivity contribution in [1.82, 2.24) is 4.90 Å². The molecule has 0 radical (unpaired) electrons. The third-order valence-electron chi connectivity index (χ3n) is 5.60. The van der Waals surface area contributed by atoms with Gasteiger partial charge in [-0.15, -0.1) is 0 Å². The number of hydrogen-bond acceptors (Lipinski definition) is 4. The van der Waals surface area contributed by atoms with Crippen molar-refractivity contribution >= 4 is 46.4 Å². The Bertz CT molecular complexity index is 1140. The highest BCUT2D eigenvalue weighted by molar-refractivity contribution is 6.36. The first-order valence-corrected chi connectivity index (χ1v) is 11.2. The number of anilines is 1. The maximum Gasteiger partial charge on any atom is 0.227 e. The van der Waals surface area contributed by atoms with E-state index in [1.165, 1.54) is 12.1 Å². The second-order valence-corrected chi connectivity index (χ2v) is 8.98. The lowest BCUT2D eigenvalue weighted by atomic mass is 10.0. The maximum atomic E-state index is 13.0. The van der Waals surface area contributed by atoms with Crippen molar-refractivity contribution in [3.05, 3.63) is 86.9 Å². The molecule has 1 aliphatic rings. The van der Waals surface area contributed by atoms with Crippen LogP contribution in [0, 0.1) is 0 Å². The molecule has 32 heavy (non-hydrogen) atoms. The van der Waals surface area contributed by atoms with E-state index >= 15 is 0 Å². The third kappa shape index (κ3) is 4.90. The van der Waals surface area contributed by atoms with Crippen LogP contribution in [0.15, 0.2) is 60.7 Å². The number of carbonyl (C=O) groups excluding carboxylic acids is 1. The van der Waals surface area contributed by atoms with Crippen LogP contribution in [0.3, 0.4) is 0 Å². The first kappa shape index (κ1) is 22.6. The molecule has 5 nitrogen and oxygen atoms in total. The molecule has 0 bridgehead atoms. The Morgan fingerprint density at radius 3 is 2.28 bits per heavy atom. The summed E-state index contributed by atoms with van der Waals surface area (Å²) in [5, 5.41) is 21.0. The van der Waals surface area contributed by atoms with E-state index in [9.17, 15) is 15.0 Å². The summed E-state index contributed by atoms with van der Waals surface area (Å²) in [5.41, 5.74) is 2.50. The van der Waals surface area contributed by atoms with Crippen molar-refractivity contribution in [3.8, 4) is 11.5 Å². The second kappa shape index (κ2) is 9.49. The van der Waals surface area contributed by atoms with Gasteiger partial charge in [0.2, 0.25) is 5.91 Å². The second-order valence-electron chi connectivity index (χ2n) is 7.70. The summed E-state index contributed by atoms with van der Waals surface area (Å²) >= 11 is 18.7. The van der Waals surface area contributed by atoms with Crippen LogP contribution in [-0.2, 0) is 11.2 Å². The van der Waals surface area contributed by atoms with Crippen LogP contribution in [0.2, 0.25) is 15.1 Å². The van der Waals surface area contributed by atoms with Crippen molar-refractivity contribution in [2.45, 2.75) is 12.5 Å². The maximum absolute atomic E-state index is 13.0. The molecule has 4 rings (SSSR count). The highest BCUT2D eigenvalue weighted by atomic mass is 35.5. The number of amides is 1. The minimum atomic E-state index is -0.239. The quantitative estimate of drug-likeness (QED) is 0.460. The summed E-state index contributed by atoms with van der Waals surface area (Å²) in [4.78, 5) is 17.0. The van der Waals surface area contributed by atoms with Crippen molar-refractivity contribution in [1.29, 1.82) is 0 Å². The molecule has 166 valence electrons. The molecule has 8 heteroatoms. The van der Waals surface area contributed by atoms with Gasteiger partial charge < -0.3 is 20.0 Å². The third-order valence-corrected chi connectivity index (χ3v) is 6.39. The van der Waals surface area contributed by atoms with Crippen molar-refractivity contribution in [2.24, 2.45) is 0 Å². The van der Waals surface area contributed by atoms with Gasteiger partial charge >= 0.3 is 0 Å². The van der Waals surface area contributed by atoms with E-state index in [-0.39, 0.29) is 29.9 Å². The van der Waals surface area contributed by atoms with Crippen LogP contribution in [-0.4, -0.2) is 40.7 Å². The molecule has 0 aliphatic carbocycles. The number of nitrogens with zero attached hydrogens (tertiary/aromatic N) is 2. The molecule has 1 saturated heterocycles. The fourth-order valence-corrected chi connectivity index (χ4v) is 4.59. The van der Waals surface area contributed by atoms with E-state index in [1.807, 2.05) is 35.2 Å². The lowest BCUT2D eigenvalue weighted by Crippen LogP contribution is -2.51. The predicted octanol–water partition coefficient (Wildman–Crippen LogP) is 5.69. The highest BCUT2D eigenvalue weighted by Gasteiger charge is 2.32. The minimum Gasteiger partial charge on any atom is -0.504 e. The van der Waals surface area contributed by atoms with E-state index in [4.69, 9.17) is 34.8 Å². The standard InChI is InChI=1S/C24H21Cl3N2O3/c25-17-4-2-16(3-5-17)21-14-28(24(32)12-15-1-8-22(30)23(31)11-15)9-10-29(21)20-7-6-18(26)13-19(20)27/h1-8,11,13,21,30-31H,9-10,12,14H2. The average Bonchev–Trinajstić information content (AvgIpc) is 2.77. The number of aromatic hydroxyl groups is 2. The molecule has 0 saturated carbocycles. The van der Waals surface area contributed by atoms with Gasteiger partial charge in [-0.25, -0.2) is 0 Å².